The number of hydrogen-bond acceptors (Lipinski definition) is 4. The molecular weight excluding hydrogens is 272 g/mol. The first-order valence-corrected chi connectivity index (χ1v) is 8.30. The van der Waals surface area contributed by atoms with Crippen LogP contribution in [0.15, 0.2) is 4.79 Å². The predicted octanol–water partition coefficient (Wildman–Crippen LogP) is 2.55. The molecule has 2 aliphatic rings. The number of hydrogen-bond donors (Lipinski definition) is 1. The van der Waals surface area contributed by atoms with Crippen LogP contribution in [0.3, 0.4) is 0 Å². The summed E-state index contributed by atoms with van der Waals surface area (Å²) in [5, 5.41) is 10.9. The zero-order valence-corrected chi connectivity index (χ0v) is 12.2. The number of fused-ring (bicyclic) bond motifs is 4. The van der Waals surface area contributed by atoms with Gasteiger partial charge in [-0.25, -0.2) is 4.98 Å². The lowest BCUT2D eigenvalue weighted by atomic mass is 9.95. The molecule has 0 saturated heterocycles. The molecule has 0 bridgehead atoms. The van der Waals surface area contributed by atoms with E-state index < -0.39 is 6.10 Å². The second-order valence-corrected chi connectivity index (χ2v) is 6.86. The fraction of sp³-hybridized carbons (Fsp3) is 0.600. The highest BCUT2D eigenvalue weighted by Gasteiger charge is 2.26. The first-order chi connectivity index (χ1) is 9.75. The molecule has 0 unspecified atom stereocenters. The lowest BCUT2D eigenvalue weighted by Crippen LogP contribution is -2.24. The summed E-state index contributed by atoms with van der Waals surface area (Å²) in [7, 11) is 0. The van der Waals surface area contributed by atoms with Gasteiger partial charge in [-0.2, -0.15) is 0 Å². The SMILES string of the molecule is O=c1c2c3c(sc2nc2n1CCCCC2)[C@@H](O)CCC3. The monoisotopic (exact) mass is 290 g/mol. The summed E-state index contributed by atoms with van der Waals surface area (Å²) in [6.45, 7) is 0.796. The van der Waals surface area contributed by atoms with Crippen molar-refractivity contribution in [2.75, 3.05) is 0 Å². The number of aliphatic hydroxyl groups is 1. The van der Waals surface area contributed by atoms with Gasteiger partial charge in [0.05, 0.1) is 11.5 Å². The van der Waals surface area contributed by atoms with Crippen LogP contribution in [0.2, 0.25) is 0 Å². The average molecular weight is 290 g/mol. The highest BCUT2D eigenvalue weighted by molar-refractivity contribution is 7.18. The van der Waals surface area contributed by atoms with E-state index in [2.05, 4.69) is 0 Å². The van der Waals surface area contributed by atoms with Gasteiger partial charge in [-0.1, -0.05) is 6.42 Å². The van der Waals surface area contributed by atoms with E-state index in [1.54, 1.807) is 0 Å². The number of rotatable bonds is 0. The molecule has 1 atom stereocenters. The van der Waals surface area contributed by atoms with Crippen LogP contribution in [0.5, 0.6) is 0 Å². The van der Waals surface area contributed by atoms with E-state index in [1.165, 1.54) is 17.8 Å². The minimum atomic E-state index is -0.401. The summed E-state index contributed by atoms with van der Waals surface area (Å²) in [6.07, 6.45) is 6.52. The molecule has 106 valence electrons. The molecule has 2 aromatic rings. The van der Waals surface area contributed by atoms with E-state index in [0.29, 0.717) is 0 Å². The van der Waals surface area contributed by atoms with Crippen molar-refractivity contribution in [3.63, 3.8) is 0 Å². The smallest absolute Gasteiger partial charge is 0.262 e. The molecule has 0 fully saturated rings. The van der Waals surface area contributed by atoms with Crippen LogP contribution in [-0.2, 0) is 19.4 Å². The van der Waals surface area contributed by atoms with E-state index in [0.717, 1.165) is 71.6 Å². The Hall–Kier alpha value is -1.20. The zero-order valence-electron chi connectivity index (χ0n) is 11.4. The van der Waals surface area contributed by atoms with Crippen LogP contribution in [0, 0.1) is 0 Å². The van der Waals surface area contributed by atoms with E-state index in [-0.39, 0.29) is 5.56 Å². The standard InChI is InChI=1S/C15H18N2O2S/c18-10-6-4-5-9-12-14(20-13(9)10)16-11-7-2-1-3-8-17(11)15(12)19/h10,18H,1-8H2/t10-/m0/s1. The summed E-state index contributed by atoms with van der Waals surface area (Å²) in [5.74, 6) is 0.938. The van der Waals surface area contributed by atoms with Crippen molar-refractivity contribution in [2.45, 2.75) is 57.6 Å². The molecule has 1 aliphatic heterocycles. The summed E-state index contributed by atoms with van der Waals surface area (Å²) in [4.78, 5) is 19.4. The van der Waals surface area contributed by atoms with Crippen LogP contribution in [0.4, 0.5) is 0 Å². The Morgan fingerprint density at radius 1 is 1.20 bits per heavy atom. The summed E-state index contributed by atoms with van der Waals surface area (Å²) in [6, 6.07) is 0. The molecule has 0 radical (unpaired) electrons. The van der Waals surface area contributed by atoms with Gasteiger partial charge in [-0.15, -0.1) is 11.3 Å². The molecule has 0 saturated carbocycles. The second kappa shape index (κ2) is 4.67. The van der Waals surface area contributed by atoms with Gasteiger partial charge in [-0.3, -0.25) is 9.36 Å². The maximum absolute atomic E-state index is 12.8. The second-order valence-electron chi connectivity index (χ2n) is 5.83. The Morgan fingerprint density at radius 2 is 2.10 bits per heavy atom. The Labute approximate surface area is 121 Å². The molecular formula is C15H18N2O2S. The van der Waals surface area contributed by atoms with Crippen LogP contribution >= 0.6 is 11.3 Å². The lowest BCUT2D eigenvalue weighted by molar-refractivity contribution is 0.161. The summed E-state index contributed by atoms with van der Waals surface area (Å²) in [5.41, 5.74) is 1.19. The van der Waals surface area contributed by atoms with E-state index in [4.69, 9.17) is 4.98 Å². The number of aryl methyl sites for hydroxylation is 2. The quantitative estimate of drug-likeness (QED) is 0.811. The van der Waals surface area contributed by atoms with E-state index in [1.807, 2.05) is 4.57 Å². The Morgan fingerprint density at radius 3 is 3.00 bits per heavy atom. The molecule has 0 aromatic carbocycles. The molecule has 0 amide bonds. The Kier molecular flexibility index (Phi) is 2.93. The normalized spacial score (nSPS) is 22.4. The highest BCUT2D eigenvalue weighted by atomic mass is 32.1. The molecule has 4 nitrogen and oxygen atoms in total. The van der Waals surface area contributed by atoms with E-state index in [9.17, 15) is 9.90 Å². The highest BCUT2D eigenvalue weighted by Crippen LogP contribution is 2.39. The Bertz CT molecular complexity index is 732. The van der Waals surface area contributed by atoms with Crippen LogP contribution in [-0.4, -0.2) is 14.7 Å². The maximum Gasteiger partial charge on any atom is 0.262 e. The van der Waals surface area contributed by atoms with Crippen molar-refractivity contribution in [1.29, 1.82) is 0 Å². The summed E-state index contributed by atoms with van der Waals surface area (Å²) < 4.78 is 1.88. The van der Waals surface area contributed by atoms with Gasteiger partial charge < -0.3 is 5.11 Å². The van der Waals surface area contributed by atoms with Crippen LogP contribution < -0.4 is 5.56 Å². The molecule has 1 aliphatic carbocycles. The molecule has 5 heteroatoms. The van der Waals surface area contributed by atoms with Gasteiger partial charge in [0, 0.05) is 17.8 Å². The summed E-state index contributed by atoms with van der Waals surface area (Å²) >= 11 is 1.53. The topological polar surface area (TPSA) is 55.1 Å². The van der Waals surface area contributed by atoms with Crippen molar-refractivity contribution >= 4 is 21.6 Å². The third kappa shape index (κ3) is 1.76. The minimum absolute atomic E-state index is 0.124. The van der Waals surface area contributed by atoms with Gasteiger partial charge in [0.2, 0.25) is 0 Å². The molecule has 0 spiro atoms. The van der Waals surface area contributed by atoms with Crippen molar-refractivity contribution in [3.8, 4) is 0 Å². The lowest BCUT2D eigenvalue weighted by Gasteiger charge is -2.16. The van der Waals surface area contributed by atoms with Gasteiger partial charge in [-0.05, 0) is 37.7 Å². The first-order valence-electron chi connectivity index (χ1n) is 7.49. The van der Waals surface area contributed by atoms with Gasteiger partial charge >= 0.3 is 0 Å². The maximum atomic E-state index is 12.8. The minimum Gasteiger partial charge on any atom is -0.388 e. The number of aliphatic hydroxyl groups excluding tert-OH is 1. The van der Waals surface area contributed by atoms with Crippen molar-refractivity contribution < 1.29 is 5.11 Å². The fourth-order valence-electron chi connectivity index (χ4n) is 3.47. The van der Waals surface area contributed by atoms with Crippen molar-refractivity contribution in [2.24, 2.45) is 0 Å². The van der Waals surface area contributed by atoms with Gasteiger partial charge in [0.15, 0.2) is 0 Å². The molecule has 2 aromatic heterocycles. The molecule has 1 N–H and O–H groups in total. The number of nitrogens with zero attached hydrogens (tertiary/aromatic N) is 2. The number of thiophene rings is 1. The Balaban J connectivity index is 2.02. The average Bonchev–Trinajstić information content (AvgIpc) is 2.65. The molecule has 20 heavy (non-hydrogen) atoms. The van der Waals surface area contributed by atoms with E-state index >= 15 is 0 Å². The molecule has 4 rings (SSSR count). The van der Waals surface area contributed by atoms with Crippen molar-refractivity contribution in [1.82, 2.24) is 9.55 Å². The van der Waals surface area contributed by atoms with Crippen LogP contribution in [0.25, 0.3) is 10.2 Å². The van der Waals surface area contributed by atoms with Gasteiger partial charge in [0.1, 0.15) is 10.7 Å². The largest absolute Gasteiger partial charge is 0.388 e. The molecule has 3 heterocycles. The predicted molar refractivity (Wildman–Crippen MR) is 79.3 cm³/mol. The van der Waals surface area contributed by atoms with Crippen LogP contribution in [0.1, 0.15) is 54.5 Å². The van der Waals surface area contributed by atoms with Crippen molar-refractivity contribution in [3.05, 3.63) is 26.6 Å². The van der Waals surface area contributed by atoms with Gasteiger partial charge in [0.25, 0.3) is 5.56 Å². The third-order valence-corrected chi connectivity index (χ3v) is 5.74. The third-order valence-electron chi connectivity index (χ3n) is 4.51. The zero-order chi connectivity index (χ0) is 13.7. The fourth-order valence-corrected chi connectivity index (χ4v) is 4.72. The first kappa shape index (κ1) is 12.5. The number of aromatic nitrogens is 2.